The number of nitrogens with one attached hydrogen (secondary N) is 1. The van der Waals surface area contributed by atoms with E-state index in [0.717, 1.165) is 9.35 Å². The van der Waals surface area contributed by atoms with Gasteiger partial charge in [0.2, 0.25) is 0 Å². The van der Waals surface area contributed by atoms with Gasteiger partial charge in [0, 0.05) is 6.42 Å². The van der Waals surface area contributed by atoms with E-state index in [1.807, 2.05) is 13.0 Å². The fourth-order valence-corrected chi connectivity index (χ4v) is 3.51. The highest BCUT2D eigenvalue weighted by Crippen LogP contribution is 2.26. The number of ether oxygens (including phenoxy) is 2. The Kier molecular flexibility index (Phi) is 8.25. The molecule has 1 N–H and O–H groups in total. The van der Waals surface area contributed by atoms with Crippen LogP contribution in [-0.4, -0.2) is 37.1 Å². The molecule has 1 aromatic heterocycles. The van der Waals surface area contributed by atoms with Crippen LogP contribution in [0.3, 0.4) is 0 Å². The molecular formula is C15H20BrNO5S. The first-order chi connectivity index (χ1) is 10.9. The van der Waals surface area contributed by atoms with E-state index < -0.39 is 18.0 Å². The summed E-state index contributed by atoms with van der Waals surface area (Å²) in [5, 5.41) is 2.64. The lowest BCUT2D eigenvalue weighted by Gasteiger charge is -2.16. The molecule has 0 saturated carbocycles. The molecule has 1 atom stereocenters. The molecule has 8 heteroatoms. The van der Waals surface area contributed by atoms with Crippen LogP contribution in [0.5, 0.6) is 0 Å². The van der Waals surface area contributed by atoms with E-state index in [4.69, 9.17) is 9.47 Å². The standard InChI is InChI=1S/C15H20BrNO5S/c1-4-21-12(18)7-6-10(15(20)22-5-2)17-14(19)13-9(3)8-11(16)23-13/h8,10H,4-7H2,1-3H3,(H,17,19). The van der Waals surface area contributed by atoms with E-state index >= 15 is 0 Å². The van der Waals surface area contributed by atoms with Crippen molar-refractivity contribution >= 4 is 45.1 Å². The van der Waals surface area contributed by atoms with Crippen molar-refractivity contribution in [2.24, 2.45) is 0 Å². The number of carbonyl (C=O) groups excluding carboxylic acids is 3. The summed E-state index contributed by atoms with van der Waals surface area (Å²) in [7, 11) is 0. The molecule has 0 aliphatic carbocycles. The largest absolute Gasteiger partial charge is 0.466 e. The Morgan fingerprint density at radius 1 is 1.26 bits per heavy atom. The lowest BCUT2D eigenvalue weighted by Crippen LogP contribution is -2.42. The van der Waals surface area contributed by atoms with Gasteiger partial charge in [-0.25, -0.2) is 4.79 Å². The second-order valence-corrected chi connectivity index (χ2v) is 7.12. The maximum absolute atomic E-state index is 12.3. The first-order valence-electron chi connectivity index (χ1n) is 7.28. The summed E-state index contributed by atoms with van der Waals surface area (Å²) in [5.41, 5.74) is 0.812. The van der Waals surface area contributed by atoms with Crippen LogP contribution in [0.15, 0.2) is 9.85 Å². The number of thiophene rings is 1. The summed E-state index contributed by atoms with van der Waals surface area (Å²) in [5.74, 6) is -1.33. The van der Waals surface area contributed by atoms with Gasteiger partial charge in [0.15, 0.2) is 0 Å². The topological polar surface area (TPSA) is 81.7 Å². The number of carbonyl (C=O) groups is 3. The molecule has 1 amide bonds. The van der Waals surface area contributed by atoms with Gasteiger partial charge >= 0.3 is 11.9 Å². The van der Waals surface area contributed by atoms with Gasteiger partial charge in [-0.3, -0.25) is 9.59 Å². The van der Waals surface area contributed by atoms with Crippen LogP contribution in [0.25, 0.3) is 0 Å². The normalized spacial score (nSPS) is 11.7. The third-order valence-corrected chi connectivity index (χ3v) is 4.65. The van der Waals surface area contributed by atoms with Gasteiger partial charge in [0.1, 0.15) is 6.04 Å². The average molecular weight is 406 g/mol. The fourth-order valence-electron chi connectivity index (χ4n) is 1.88. The summed E-state index contributed by atoms with van der Waals surface area (Å²) < 4.78 is 10.6. The van der Waals surface area contributed by atoms with Crippen molar-refractivity contribution in [3.63, 3.8) is 0 Å². The van der Waals surface area contributed by atoms with Crippen LogP contribution in [0, 0.1) is 6.92 Å². The summed E-state index contributed by atoms with van der Waals surface area (Å²) in [6, 6.07) is 0.949. The van der Waals surface area contributed by atoms with E-state index in [9.17, 15) is 14.4 Å². The predicted octanol–water partition coefficient (Wildman–Crippen LogP) is 2.82. The zero-order valence-corrected chi connectivity index (χ0v) is 15.7. The van der Waals surface area contributed by atoms with Crippen molar-refractivity contribution in [2.75, 3.05) is 13.2 Å². The molecule has 1 unspecified atom stereocenters. The average Bonchev–Trinajstić information content (AvgIpc) is 2.82. The zero-order valence-electron chi connectivity index (χ0n) is 13.3. The van der Waals surface area contributed by atoms with Gasteiger partial charge in [-0.1, -0.05) is 0 Å². The van der Waals surface area contributed by atoms with Crippen molar-refractivity contribution in [3.05, 3.63) is 20.3 Å². The molecule has 0 aliphatic heterocycles. The Bertz CT molecular complexity index is 572. The monoisotopic (exact) mass is 405 g/mol. The minimum absolute atomic E-state index is 0.0325. The van der Waals surface area contributed by atoms with E-state index in [-0.39, 0.29) is 32.0 Å². The number of halogens is 1. The Hall–Kier alpha value is -1.41. The van der Waals surface area contributed by atoms with E-state index in [1.165, 1.54) is 11.3 Å². The van der Waals surface area contributed by atoms with Crippen LogP contribution in [-0.2, 0) is 19.1 Å². The SMILES string of the molecule is CCOC(=O)CCC(NC(=O)c1sc(Br)cc1C)C(=O)OCC. The number of hydrogen-bond donors (Lipinski definition) is 1. The maximum atomic E-state index is 12.3. The Balaban J connectivity index is 2.75. The molecule has 1 rings (SSSR count). The van der Waals surface area contributed by atoms with Gasteiger partial charge in [-0.05, 0) is 54.8 Å². The van der Waals surface area contributed by atoms with Crippen LogP contribution in [0.1, 0.15) is 41.9 Å². The Morgan fingerprint density at radius 3 is 2.43 bits per heavy atom. The van der Waals surface area contributed by atoms with Crippen molar-refractivity contribution in [1.82, 2.24) is 5.32 Å². The number of rotatable bonds is 8. The quantitative estimate of drug-likeness (QED) is 0.672. The van der Waals surface area contributed by atoms with E-state index in [2.05, 4.69) is 21.2 Å². The highest BCUT2D eigenvalue weighted by atomic mass is 79.9. The van der Waals surface area contributed by atoms with Crippen molar-refractivity contribution < 1.29 is 23.9 Å². The first-order valence-corrected chi connectivity index (χ1v) is 8.89. The van der Waals surface area contributed by atoms with Crippen molar-refractivity contribution in [2.45, 2.75) is 39.7 Å². The molecule has 1 heterocycles. The van der Waals surface area contributed by atoms with Crippen LogP contribution in [0.4, 0.5) is 0 Å². The molecule has 0 aromatic carbocycles. The number of esters is 2. The highest BCUT2D eigenvalue weighted by Gasteiger charge is 2.25. The molecule has 23 heavy (non-hydrogen) atoms. The van der Waals surface area contributed by atoms with Gasteiger partial charge in [-0.15, -0.1) is 11.3 Å². The van der Waals surface area contributed by atoms with Gasteiger partial charge in [-0.2, -0.15) is 0 Å². The third-order valence-electron chi connectivity index (χ3n) is 2.91. The smallest absolute Gasteiger partial charge is 0.328 e. The van der Waals surface area contributed by atoms with Gasteiger partial charge in [0.05, 0.1) is 21.9 Å². The minimum Gasteiger partial charge on any atom is -0.466 e. The van der Waals surface area contributed by atoms with E-state index in [1.54, 1.807) is 13.8 Å². The minimum atomic E-state index is -0.882. The van der Waals surface area contributed by atoms with Crippen molar-refractivity contribution in [3.8, 4) is 0 Å². The van der Waals surface area contributed by atoms with E-state index in [0.29, 0.717) is 4.88 Å². The second kappa shape index (κ2) is 9.67. The summed E-state index contributed by atoms with van der Waals surface area (Å²) >= 11 is 4.61. The fraction of sp³-hybridized carbons (Fsp3) is 0.533. The molecule has 0 aliphatic rings. The summed E-state index contributed by atoms with van der Waals surface area (Å²) in [6.07, 6.45) is 0.166. The molecule has 128 valence electrons. The second-order valence-electron chi connectivity index (χ2n) is 4.68. The molecule has 0 radical (unpaired) electrons. The molecule has 1 aromatic rings. The molecule has 0 spiro atoms. The van der Waals surface area contributed by atoms with Crippen molar-refractivity contribution in [1.29, 1.82) is 0 Å². The van der Waals surface area contributed by atoms with Crippen LogP contribution in [0.2, 0.25) is 0 Å². The lowest BCUT2D eigenvalue weighted by atomic mass is 10.1. The summed E-state index contributed by atoms with van der Waals surface area (Å²) in [6.45, 7) is 5.68. The number of amides is 1. The first kappa shape index (κ1) is 19.6. The summed E-state index contributed by atoms with van der Waals surface area (Å²) in [4.78, 5) is 36.3. The van der Waals surface area contributed by atoms with Crippen LogP contribution < -0.4 is 5.32 Å². The predicted molar refractivity (Wildman–Crippen MR) is 90.5 cm³/mol. The van der Waals surface area contributed by atoms with Gasteiger partial charge in [0.25, 0.3) is 5.91 Å². The highest BCUT2D eigenvalue weighted by molar-refractivity contribution is 9.11. The molecule has 6 nitrogen and oxygen atoms in total. The number of aryl methyl sites for hydroxylation is 1. The molecular weight excluding hydrogens is 386 g/mol. The Morgan fingerprint density at radius 2 is 1.91 bits per heavy atom. The Labute approximate surface area is 147 Å². The van der Waals surface area contributed by atoms with Crippen LogP contribution >= 0.6 is 27.3 Å². The lowest BCUT2D eigenvalue weighted by molar-refractivity contribution is -0.146. The molecule has 0 saturated heterocycles. The molecule has 0 fully saturated rings. The van der Waals surface area contributed by atoms with Gasteiger partial charge < -0.3 is 14.8 Å². The molecule has 0 bridgehead atoms. The maximum Gasteiger partial charge on any atom is 0.328 e. The zero-order chi connectivity index (χ0) is 17.4. The number of hydrogen-bond acceptors (Lipinski definition) is 6. The third kappa shape index (κ3) is 6.31.